The Morgan fingerprint density at radius 3 is 2.40 bits per heavy atom. The summed E-state index contributed by atoms with van der Waals surface area (Å²) in [5, 5.41) is 3.51. The molecule has 2 unspecified atom stereocenters. The van der Waals surface area contributed by atoms with Gasteiger partial charge in [-0.1, -0.05) is 40.5 Å². The highest BCUT2D eigenvalue weighted by Crippen LogP contribution is 2.12. The Hall–Kier alpha value is -0.0800. The molecule has 0 spiro atoms. The molecular weight excluding hydrogens is 186 g/mol. The minimum Gasteiger partial charge on any atom is -0.380 e. The van der Waals surface area contributed by atoms with E-state index in [1.54, 1.807) is 0 Å². The molecule has 15 heavy (non-hydrogen) atoms. The molecule has 0 aromatic rings. The van der Waals surface area contributed by atoms with Crippen LogP contribution in [0, 0.1) is 5.92 Å². The van der Waals surface area contributed by atoms with E-state index < -0.39 is 0 Å². The summed E-state index contributed by atoms with van der Waals surface area (Å²) in [5.41, 5.74) is 0. The molecule has 0 radical (unpaired) electrons. The molecule has 0 heterocycles. The first-order valence-corrected chi connectivity index (χ1v) is 6.55. The lowest BCUT2D eigenvalue weighted by molar-refractivity contribution is 0.105. The van der Waals surface area contributed by atoms with E-state index in [2.05, 4.69) is 33.0 Å². The molecule has 0 fully saturated rings. The molecule has 0 saturated carbocycles. The van der Waals surface area contributed by atoms with Crippen LogP contribution < -0.4 is 5.32 Å². The molecule has 0 amide bonds. The van der Waals surface area contributed by atoms with Gasteiger partial charge in [-0.2, -0.15) is 0 Å². The average Bonchev–Trinajstić information content (AvgIpc) is 2.18. The van der Waals surface area contributed by atoms with Gasteiger partial charge >= 0.3 is 0 Å². The molecule has 0 aliphatic heterocycles. The van der Waals surface area contributed by atoms with Gasteiger partial charge in [-0.25, -0.2) is 0 Å². The molecule has 2 atom stereocenters. The largest absolute Gasteiger partial charge is 0.380 e. The van der Waals surface area contributed by atoms with Crippen LogP contribution in [-0.4, -0.2) is 25.8 Å². The fraction of sp³-hybridized carbons (Fsp3) is 1.00. The second-order valence-corrected chi connectivity index (χ2v) is 4.46. The molecule has 0 rings (SSSR count). The van der Waals surface area contributed by atoms with Crippen molar-refractivity contribution in [3.05, 3.63) is 0 Å². The number of nitrogens with one attached hydrogen (secondary N) is 1. The predicted octanol–water partition coefficient (Wildman–Crippen LogP) is 3.22. The van der Waals surface area contributed by atoms with E-state index in [9.17, 15) is 0 Å². The van der Waals surface area contributed by atoms with Crippen LogP contribution in [0.25, 0.3) is 0 Å². The minimum absolute atomic E-state index is 0.545. The van der Waals surface area contributed by atoms with Crippen molar-refractivity contribution in [2.45, 2.75) is 59.4 Å². The van der Waals surface area contributed by atoms with Gasteiger partial charge in [0.15, 0.2) is 0 Å². The molecule has 0 aliphatic carbocycles. The normalized spacial score (nSPS) is 15.2. The van der Waals surface area contributed by atoms with E-state index in [4.69, 9.17) is 4.74 Å². The van der Waals surface area contributed by atoms with Crippen LogP contribution in [0.1, 0.15) is 53.4 Å². The Kier molecular flexibility index (Phi) is 10.4. The van der Waals surface area contributed by atoms with E-state index in [0.29, 0.717) is 6.04 Å². The van der Waals surface area contributed by atoms with Crippen molar-refractivity contribution in [2.24, 2.45) is 5.92 Å². The molecule has 2 nitrogen and oxygen atoms in total. The number of rotatable bonds is 10. The first-order chi connectivity index (χ1) is 7.24. The number of likely N-dealkylation sites (N-methyl/N-ethyl adjacent to an activating group) is 1. The Balaban J connectivity index is 3.70. The Morgan fingerprint density at radius 2 is 1.87 bits per heavy atom. The van der Waals surface area contributed by atoms with E-state index in [-0.39, 0.29) is 0 Å². The van der Waals surface area contributed by atoms with Gasteiger partial charge in [-0.05, 0) is 25.3 Å². The van der Waals surface area contributed by atoms with E-state index in [1.807, 2.05) is 0 Å². The van der Waals surface area contributed by atoms with Crippen LogP contribution in [-0.2, 0) is 4.74 Å². The summed E-state index contributed by atoms with van der Waals surface area (Å²) in [6.07, 6.45) is 4.97. The summed E-state index contributed by atoms with van der Waals surface area (Å²) in [4.78, 5) is 0. The zero-order valence-electron chi connectivity index (χ0n) is 11.0. The first-order valence-electron chi connectivity index (χ1n) is 6.55. The summed E-state index contributed by atoms with van der Waals surface area (Å²) < 4.78 is 5.61. The first kappa shape index (κ1) is 14.9. The van der Waals surface area contributed by atoms with E-state index in [0.717, 1.165) is 32.1 Å². The van der Waals surface area contributed by atoms with Crippen molar-refractivity contribution in [2.75, 3.05) is 19.8 Å². The molecule has 1 N–H and O–H groups in total. The summed E-state index contributed by atoms with van der Waals surface area (Å²) in [7, 11) is 0. The van der Waals surface area contributed by atoms with Crippen LogP contribution in [0.3, 0.4) is 0 Å². The molecule has 0 bridgehead atoms. The molecule has 0 aromatic carbocycles. The summed E-state index contributed by atoms with van der Waals surface area (Å²) in [5.74, 6) is 0.810. The summed E-state index contributed by atoms with van der Waals surface area (Å²) in [6.45, 7) is 11.7. The molecule has 0 aromatic heterocycles. The third-order valence-electron chi connectivity index (χ3n) is 2.63. The quantitative estimate of drug-likeness (QED) is 0.565. The number of ether oxygens (including phenoxy) is 1. The zero-order valence-corrected chi connectivity index (χ0v) is 11.0. The SMILES string of the molecule is CCCOCC(CC(C)CCC)NCC. The maximum Gasteiger partial charge on any atom is 0.0619 e. The lowest BCUT2D eigenvalue weighted by atomic mass is 9.97. The third-order valence-corrected chi connectivity index (χ3v) is 2.63. The van der Waals surface area contributed by atoms with Crippen LogP contribution in [0.15, 0.2) is 0 Å². The second-order valence-electron chi connectivity index (χ2n) is 4.46. The minimum atomic E-state index is 0.545. The maximum absolute atomic E-state index is 5.61. The summed E-state index contributed by atoms with van der Waals surface area (Å²) in [6, 6.07) is 0.545. The van der Waals surface area contributed by atoms with Crippen LogP contribution in [0.2, 0.25) is 0 Å². The van der Waals surface area contributed by atoms with Gasteiger partial charge in [0.05, 0.1) is 6.61 Å². The zero-order chi connectivity index (χ0) is 11.5. The fourth-order valence-electron chi connectivity index (χ4n) is 1.97. The van der Waals surface area contributed by atoms with Crippen LogP contribution in [0.4, 0.5) is 0 Å². The van der Waals surface area contributed by atoms with Crippen molar-refractivity contribution < 1.29 is 4.74 Å². The van der Waals surface area contributed by atoms with Crippen molar-refractivity contribution in [3.63, 3.8) is 0 Å². The van der Waals surface area contributed by atoms with Gasteiger partial charge < -0.3 is 10.1 Å². The molecule has 2 heteroatoms. The Bertz CT molecular complexity index is 128. The highest BCUT2D eigenvalue weighted by molar-refractivity contribution is 4.68. The van der Waals surface area contributed by atoms with Crippen molar-refractivity contribution in [3.8, 4) is 0 Å². The van der Waals surface area contributed by atoms with Crippen molar-refractivity contribution in [1.29, 1.82) is 0 Å². The molecule has 92 valence electrons. The third kappa shape index (κ3) is 8.88. The van der Waals surface area contributed by atoms with Crippen LogP contribution >= 0.6 is 0 Å². The highest BCUT2D eigenvalue weighted by atomic mass is 16.5. The van der Waals surface area contributed by atoms with Gasteiger partial charge in [0.2, 0.25) is 0 Å². The number of hydrogen-bond acceptors (Lipinski definition) is 2. The van der Waals surface area contributed by atoms with Gasteiger partial charge in [0, 0.05) is 12.6 Å². The van der Waals surface area contributed by atoms with E-state index in [1.165, 1.54) is 19.3 Å². The van der Waals surface area contributed by atoms with Crippen molar-refractivity contribution >= 4 is 0 Å². The smallest absolute Gasteiger partial charge is 0.0619 e. The van der Waals surface area contributed by atoms with Gasteiger partial charge in [-0.15, -0.1) is 0 Å². The molecular formula is C13H29NO. The topological polar surface area (TPSA) is 21.3 Å². The van der Waals surface area contributed by atoms with Crippen LogP contribution in [0.5, 0.6) is 0 Å². The lowest BCUT2D eigenvalue weighted by Gasteiger charge is -2.21. The van der Waals surface area contributed by atoms with Crippen molar-refractivity contribution in [1.82, 2.24) is 5.32 Å². The molecule has 0 saturated heterocycles. The fourth-order valence-corrected chi connectivity index (χ4v) is 1.97. The highest BCUT2D eigenvalue weighted by Gasteiger charge is 2.11. The predicted molar refractivity (Wildman–Crippen MR) is 67.3 cm³/mol. The van der Waals surface area contributed by atoms with Gasteiger partial charge in [-0.3, -0.25) is 0 Å². The number of hydrogen-bond donors (Lipinski definition) is 1. The average molecular weight is 215 g/mol. The van der Waals surface area contributed by atoms with Gasteiger partial charge in [0.1, 0.15) is 0 Å². The standard InChI is InChI=1S/C13H29NO/c1-5-8-12(4)10-13(14-7-3)11-15-9-6-2/h12-14H,5-11H2,1-4H3. The maximum atomic E-state index is 5.61. The lowest BCUT2D eigenvalue weighted by Crippen LogP contribution is -2.35. The Labute approximate surface area is 95.8 Å². The van der Waals surface area contributed by atoms with E-state index >= 15 is 0 Å². The summed E-state index contributed by atoms with van der Waals surface area (Å²) >= 11 is 0. The Morgan fingerprint density at radius 1 is 1.13 bits per heavy atom. The monoisotopic (exact) mass is 215 g/mol. The second kappa shape index (κ2) is 10.4. The molecule has 0 aliphatic rings. The van der Waals surface area contributed by atoms with Gasteiger partial charge in [0.25, 0.3) is 0 Å².